The number of aromatic nitrogens is 3. The van der Waals surface area contributed by atoms with Crippen LogP contribution in [0.4, 0.5) is 0 Å². The van der Waals surface area contributed by atoms with Crippen LogP contribution in [-0.4, -0.2) is 20.6 Å². The van der Waals surface area contributed by atoms with Gasteiger partial charge in [-0.2, -0.15) is 5.10 Å². The highest BCUT2D eigenvalue weighted by molar-refractivity contribution is 6.17. The number of hydrogen-bond acceptors (Lipinski definition) is 2. The summed E-state index contributed by atoms with van der Waals surface area (Å²) in [5.74, 6) is 2.25. The number of halogens is 1. The zero-order valence-corrected chi connectivity index (χ0v) is 6.96. The molecule has 60 valence electrons. The van der Waals surface area contributed by atoms with Gasteiger partial charge in [0.2, 0.25) is 0 Å². The Bertz CT molecular complexity index is 242. The minimum absolute atomic E-state index is 0.605. The molecule has 0 bridgehead atoms. The van der Waals surface area contributed by atoms with Crippen LogP contribution in [0.3, 0.4) is 0 Å². The molecule has 0 amide bonds. The smallest absolute Gasteiger partial charge is 0.153 e. The van der Waals surface area contributed by atoms with Crippen molar-refractivity contribution in [3.63, 3.8) is 0 Å². The molecule has 0 radical (unpaired) electrons. The Labute approximate surface area is 70.4 Å². The molecular weight excluding hydrogens is 162 g/mol. The highest BCUT2D eigenvalue weighted by Crippen LogP contribution is 2.37. The number of rotatable bonds is 3. The largest absolute Gasteiger partial charge is 0.251 e. The molecule has 0 atom stereocenters. The minimum atomic E-state index is 0.605. The molecule has 1 aromatic rings. The quantitative estimate of drug-likeness (QED) is 0.644. The van der Waals surface area contributed by atoms with Gasteiger partial charge in [0.15, 0.2) is 5.82 Å². The third kappa shape index (κ3) is 1.53. The number of alkyl halides is 1. The SMILES string of the molecule is ClCCn1cnc(C2CC2)n1. The standard InChI is InChI=1S/C7H10ClN3/c8-3-4-11-5-9-7(10-11)6-1-2-6/h5-6H,1-4H2. The van der Waals surface area contributed by atoms with Gasteiger partial charge in [-0.05, 0) is 12.8 Å². The molecule has 11 heavy (non-hydrogen) atoms. The summed E-state index contributed by atoms with van der Waals surface area (Å²) in [4.78, 5) is 4.19. The molecular formula is C7H10ClN3. The first-order valence-electron chi connectivity index (χ1n) is 3.85. The molecule has 0 saturated heterocycles. The third-order valence-corrected chi connectivity index (χ3v) is 1.98. The maximum atomic E-state index is 5.55. The van der Waals surface area contributed by atoms with Crippen molar-refractivity contribution in [2.75, 3.05) is 5.88 Å². The average Bonchev–Trinajstić information content (AvgIpc) is 2.75. The van der Waals surface area contributed by atoms with Crippen molar-refractivity contribution < 1.29 is 0 Å². The van der Waals surface area contributed by atoms with Gasteiger partial charge in [-0.15, -0.1) is 11.6 Å². The van der Waals surface area contributed by atoms with Crippen LogP contribution in [-0.2, 0) is 6.54 Å². The molecule has 1 aliphatic carbocycles. The number of aryl methyl sites for hydroxylation is 1. The highest BCUT2D eigenvalue weighted by atomic mass is 35.5. The van der Waals surface area contributed by atoms with Crippen molar-refractivity contribution in [1.82, 2.24) is 14.8 Å². The van der Waals surface area contributed by atoms with E-state index in [4.69, 9.17) is 11.6 Å². The molecule has 0 unspecified atom stereocenters. The molecule has 0 aliphatic heterocycles. The first-order chi connectivity index (χ1) is 5.40. The van der Waals surface area contributed by atoms with E-state index in [1.54, 1.807) is 11.0 Å². The summed E-state index contributed by atoms with van der Waals surface area (Å²) < 4.78 is 1.81. The topological polar surface area (TPSA) is 30.7 Å². The molecule has 0 N–H and O–H groups in total. The van der Waals surface area contributed by atoms with E-state index in [9.17, 15) is 0 Å². The second-order valence-corrected chi connectivity index (χ2v) is 3.21. The molecule has 0 aromatic carbocycles. The van der Waals surface area contributed by atoms with Gasteiger partial charge in [-0.3, -0.25) is 4.68 Å². The lowest BCUT2D eigenvalue weighted by molar-refractivity contribution is 0.651. The fraction of sp³-hybridized carbons (Fsp3) is 0.714. The summed E-state index contributed by atoms with van der Waals surface area (Å²) in [5, 5.41) is 4.28. The van der Waals surface area contributed by atoms with Crippen LogP contribution >= 0.6 is 11.6 Å². The molecule has 0 spiro atoms. The summed E-state index contributed by atoms with van der Waals surface area (Å²) >= 11 is 5.55. The van der Waals surface area contributed by atoms with Crippen molar-refractivity contribution in [3.8, 4) is 0 Å². The molecule has 1 fully saturated rings. The van der Waals surface area contributed by atoms with Crippen molar-refractivity contribution in [1.29, 1.82) is 0 Å². The van der Waals surface area contributed by atoms with E-state index < -0.39 is 0 Å². The zero-order chi connectivity index (χ0) is 7.68. The first kappa shape index (κ1) is 7.10. The molecule has 1 heterocycles. The van der Waals surface area contributed by atoms with Crippen LogP contribution in [0, 0.1) is 0 Å². The van der Waals surface area contributed by atoms with E-state index >= 15 is 0 Å². The average molecular weight is 172 g/mol. The summed E-state index contributed by atoms with van der Waals surface area (Å²) in [5.41, 5.74) is 0. The lowest BCUT2D eigenvalue weighted by atomic mass is 10.4. The Morgan fingerprint density at radius 2 is 2.45 bits per heavy atom. The third-order valence-electron chi connectivity index (χ3n) is 1.81. The van der Waals surface area contributed by atoms with Gasteiger partial charge in [0.1, 0.15) is 6.33 Å². The lowest BCUT2D eigenvalue weighted by Gasteiger charge is -1.92. The normalized spacial score (nSPS) is 17.2. The van der Waals surface area contributed by atoms with Crippen LogP contribution in [0.2, 0.25) is 0 Å². The maximum Gasteiger partial charge on any atom is 0.153 e. The van der Waals surface area contributed by atoms with E-state index in [0.717, 1.165) is 12.4 Å². The minimum Gasteiger partial charge on any atom is -0.251 e. The van der Waals surface area contributed by atoms with Crippen LogP contribution in [0.25, 0.3) is 0 Å². The highest BCUT2D eigenvalue weighted by Gasteiger charge is 2.27. The summed E-state index contributed by atoms with van der Waals surface area (Å²) in [6.45, 7) is 0.765. The molecule has 1 aromatic heterocycles. The molecule has 1 saturated carbocycles. The van der Waals surface area contributed by atoms with Gasteiger partial charge < -0.3 is 0 Å². The Kier molecular flexibility index (Phi) is 1.82. The predicted octanol–water partition coefficient (Wildman–Crippen LogP) is 1.39. The first-order valence-corrected chi connectivity index (χ1v) is 4.39. The van der Waals surface area contributed by atoms with Crippen LogP contribution in [0.15, 0.2) is 6.33 Å². The summed E-state index contributed by atoms with van der Waals surface area (Å²) in [6.07, 6.45) is 4.27. The van der Waals surface area contributed by atoms with Crippen LogP contribution < -0.4 is 0 Å². The van der Waals surface area contributed by atoms with Crippen molar-refractivity contribution >= 4 is 11.6 Å². The number of nitrogens with zero attached hydrogens (tertiary/aromatic N) is 3. The van der Waals surface area contributed by atoms with Crippen molar-refractivity contribution in [3.05, 3.63) is 12.2 Å². The number of hydrogen-bond donors (Lipinski definition) is 0. The molecule has 3 nitrogen and oxygen atoms in total. The van der Waals surface area contributed by atoms with E-state index in [0.29, 0.717) is 11.8 Å². The Morgan fingerprint density at radius 3 is 3.09 bits per heavy atom. The van der Waals surface area contributed by atoms with Gasteiger partial charge in [0.25, 0.3) is 0 Å². The van der Waals surface area contributed by atoms with Gasteiger partial charge in [-0.25, -0.2) is 4.98 Å². The monoisotopic (exact) mass is 171 g/mol. The Balaban J connectivity index is 2.06. The second-order valence-electron chi connectivity index (χ2n) is 2.83. The predicted molar refractivity (Wildman–Crippen MR) is 42.7 cm³/mol. The zero-order valence-electron chi connectivity index (χ0n) is 6.20. The van der Waals surface area contributed by atoms with Gasteiger partial charge in [-0.1, -0.05) is 0 Å². The van der Waals surface area contributed by atoms with Gasteiger partial charge >= 0.3 is 0 Å². The van der Waals surface area contributed by atoms with E-state index in [2.05, 4.69) is 10.1 Å². The lowest BCUT2D eigenvalue weighted by Crippen LogP contribution is -1.99. The van der Waals surface area contributed by atoms with Crippen molar-refractivity contribution in [2.24, 2.45) is 0 Å². The Hall–Kier alpha value is -0.570. The molecule has 2 rings (SSSR count). The molecule has 1 aliphatic rings. The summed E-state index contributed by atoms with van der Waals surface area (Å²) in [7, 11) is 0. The van der Waals surface area contributed by atoms with Crippen molar-refractivity contribution in [2.45, 2.75) is 25.3 Å². The second kappa shape index (κ2) is 2.81. The Morgan fingerprint density at radius 1 is 1.64 bits per heavy atom. The van der Waals surface area contributed by atoms with E-state index in [1.807, 2.05) is 0 Å². The summed E-state index contributed by atoms with van der Waals surface area (Å²) in [6, 6.07) is 0. The molecule has 4 heteroatoms. The maximum absolute atomic E-state index is 5.55. The van der Waals surface area contributed by atoms with Crippen LogP contribution in [0.1, 0.15) is 24.6 Å². The fourth-order valence-electron chi connectivity index (χ4n) is 1.03. The van der Waals surface area contributed by atoms with Gasteiger partial charge in [0, 0.05) is 11.8 Å². The van der Waals surface area contributed by atoms with E-state index in [-0.39, 0.29) is 0 Å². The van der Waals surface area contributed by atoms with Gasteiger partial charge in [0.05, 0.1) is 6.54 Å². The van der Waals surface area contributed by atoms with E-state index in [1.165, 1.54) is 12.8 Å². The van der Waals surface area contributed by atoms with Crippen LogP contribution in [0.5, 0.6) is 0 Å². The fourth-order valence-corrected chi connectivity index (χ4v) is 1.21.